The van der Waals surface area contributed by atoms with Crippen molar-refractivity contribution in [3.8, 4) is 0 Å². The molecule has 6 N–H and O–H groups in total. The zero-order valence-corrected chi connectivity index (χ0v) is 27.3. The number of carboxylic acid groups (broad SMARTS) is 4. The van der Waals surface area contributed by atoms with Gasteiger partial charge in [0.1, 0.15) is 0 Å². The quantitative estimate of drug-likeness (QED) is 0.124. The van der Waals surface area contributed by atoms with E-state index in [2.05, 4.69) is 9.97 Å². The minimum Gasteiger partial charge on any atom is -0.481 e. The highest BCUT2D eigenvalue weighted by Crippen LogP contribution is 2.38. The summed E-state index contributed by atoms with van der Waals surface area (Å²) < 4.78 is 0. The van der Waals surface area contributed by atoms with E-state index >= 15 is 0 Å². The molecule has 48 heavy (non-hydrogen) atoms. The van der Waals surface area contributed by atoms with Crippen molar-refractivity contribution < 1.29 is 39.6 Å². The number of fused-ring (bicyclic) bond motifs is 8. The highest BCUT2D eigenvalue weighted by atomic mass is 16.4. The highest BCUT2D eigenvalue weighted by Gasteiger charge is 2.23. The minimum absolute atomic E-state index is 0.0983. The molecule has 8 bridgehead atoms. The van der Waals surface area contributed by atoms with Crippen LogP contribution in [0.2, 0.25) is 0 Å². The van der Waals surface area contributed by atoms with E-state index in [1.54, 1.807) is 0 Å². The maximum absolute atomic E-state index is 11.6. The van der Waals surface area contributed by atoms with E-state index in [-0.39, 0.29) is 51.4 Å². The van der Waals surface area contributed by atoms with Crippen LogP contribution in [0.1, 0.15) is 97.4 Å². The number of nitrogens with one attached hydrogen (secondary N) is 2. The number of carboxylic acids is 4. The highest BCUT2D eigenvalue weighted by molar-refractivity contribution is 5.96. The molecule has 2 aliphatic rings. The fourth-order valence-electron chi connectivity index (χ4n) is 6.42. The Morgan fingerprint density at radius 1 is 0.500 bits per heavy atom. The predicted molar refractivity (Wildman–Crippen MR) is 181 cm³/mol. The molecule has 5 heterocycles. The molecule has 12 heteroatoms. The summed E-state index contributed by atoms with van der Waals surface area (Å²) in [5.74, 6) is -3.77. The Bertz CT molecular complexity index is 1950. The van der Waals surface area contributed by atoms with Crippen LogP contribution in [0.25, 0.3) is 44.4 Å². The summed E-state index contributed by atoms with van der Waals surface area (Å²) in [5, 5.41) is 38.0. The van der Waals surface area contributed by atoms with Gasteiger partial charge in [-0.1, -0.05) is 0 Å². The summed E-state index contributed by atoms with van der Waals surface area (Å²) in [4.78, 5) is 63.1. The molecule has 0 aliphatic carbocycles. The SMILES string of the molecule is CC1=C(CCC(=O)O)c2cc3[nH]c(cc4[nH]c(cc5nc(cc1n2)C(C)=C5CCC(=O)O)c(C)c4CCC(=O)O)c(CCC(=O)O)c3C. The van der Waals surface area contributed by atoms with E-state index in [4.69, 9.17) is 9.97 Å². The maximum Gasteiger partial charge on any atom is 0.303 e. The lowest BCUT2D eigenvalue weighted by molar-refractivity contribution is -0.138. The van der Waals surface area contributed by atoms with Crippen LogP contribution in [-0.2, 0) is 32.0 Å². The molecule has 3 aromatic rings. The Hall–Kier alpha value is -5.52. The summed E-state index contributed by atoms with van der Waals surface area (Å²) in [5.41, 5.74) is 11.4. The summed E-state index contributed by atoms with van der Waals surface area (Å²) in [6, 6.07) is 7.40. The van der Waals surface area contributed by atoms with Crippen molar-refractivity contribution in [2.75, 3.05) is 0 Å². The van der Waals surface area contributed by atoms with Crippen molar-refractivity contribution in [3.63, 3.8) is 0 Å². The van der Waals surface area contributed by atoms with Gasteiger partial charge in [-0.05, 0) is 122 Å². The topological polar surface area (TPSA) is 207 Å². The number of aliphatic carboxylic acids is 4. The van der Waals surface area contributed by atoms with Crippen molar-refractivity contribution in [1.82, 2.24) is 19.9 Å². The van der Waals surface area contributed by atoms with Crippen molar-refractivity contribution in [3.05, 3.63) is 69.3 Å². The molecule has 3 aromatic heterocycles. The van der Waals surface area contributed by atoms with Gasteiger partial charge in [0.15, 0.2) is 0 Å². The summed E-state index contributed by atoms with van der Waals surface area (Å²) >= 11 is 0. The van der Waals surface area contributed by atoms with Gasteiger partial charge in [-0.15, -0.1) is 0 Å². The summed E-state index contributed by atoms with van der Waals surface area (Å²) in [7, 11) is 0. The first-order chi connectivity index (χ1) is 22.7. The lowest BCUT2D eigenvalue weighted by atomic mass is 9.99. The third-order valence-corrected chi connectivity index (χ3v) is 9.16. The molecule has 0 atom stereocenters. The normalized spacial score (nSPS) is 12.9. The van der Waals surface area contributed by atoms with Crippen LogP contribution in [0.5, 0.6) is 0 Å². The number of carbonyl (C=O) groups is 4. The molecule has 0 spiro atoms. The minimum atomic E-state index is -0.944. The number of allylic oxidation sites excluding steroid dienone is 4. The third-order valence-electron chi connectivity index (χ3n) is 9.16. The van der Waals surface area contributed by atoms with E-state index in [1.165, 1.54) is 0 Å². The van der Waals surface area contributed by atoms with Crippen LogP contribution in [-0.4, -0.2) is 64.2 Å². The lowest BCUT2D eigenvalue weighted by Gasteiger charge is -2.03. The molecule has 0 fully saturated rings. The van der Waals surface area contributed by atoms with Crippen LogP contribution < -0.4 is 0 Å². The smallest absolute Gasteiger partial charge is 0.303 e. The van der Waals surface area contributed by atoms with Crippen molar-refractivity contribution in [2.45, 2.75) is 79.1 Å². The number of aromatic nitrogens is 4. The van der Waals surface area contributed by atoms with E-state index in [9.17, 15) is 39.6 Å². The fourth-order valence-corrected chi connectivity index (χ4v) is 6.42. The summed E-state index contributed by atoms with van der Waals surface area (Å²) in [6.07, 6.45) is 0.562. The zero-order chi connectivity index (χ0) is 34.9. The standard InChI is InChI=1S/C36H38N4O8/c1-17-21(5-9-33(41)42)29-14-27-19(3)23(7-11-35(45)46)31(39-27)16-32-24(8-12-36(47)48)20(4)28(40-32)15-30-22(6-10-34(43)44)18(2)26(38-30)13-25(17)37-29/h13-16,39-40H,5-12H2,1-4H3,(H,41,42)(H,43,44)(H,45,46)(H,47,48). The van der Waals surface area contributed by atoms with Gasteiger partial charge in [0.05, 0.1) is 22.8 Å². The van der Waals surface area contributed by atoms with E-state index in [1.807, 2.05) is 52.0 Å². The molecule has 0 aromatic carbocycles. The fraction of sp³-hybridized carbons (Fsp3) is 0.333. The average Bonchev–Trinajstić information content (AvgIpc) is 3.66. The molecule has 0 radical (unpaired) electrons. The van der Waals surface area contributed by atoms with E-state index < -0.39 is 23.9 Å². The molecular formula is C36H38N4O8. The first-order valence-electron chi connectivity index (χ1n) is 15.7. The number of aromatic amines is 2. The molecule has 2 aliphatic heterocycles. The Morgan fingerprint density at radius 2 is 0.854 bits per heavy atom. The molecule has 0 saturated heterocycles. The molecular weight excluding hydrogens is 616 g/mol. The number of hydrogen-bond donors (Lipinski definition) is 6. The number of aryl methyl sites for hydroxylation is 4. The third kappa shape index (κ3) is 7.07. The molecule has 0 unspecified atom stereocenters. The average molecular weight is 655 g/mol. The molecule has 250 valence electrons. The van der Waals surface area contributed by atoms with Crippen molar-refractivity contribution in [1.29, 1.82) is 0 Å². The predicted octanol–water partition coefficient (Wildman–Crippen LogP) is 6.56. The number of nitrogens with zero attached hydrogens (tertiary/aromatic N) is 2. The Balaban J connectivity index is 1.91. The van der Waals surface area contributed by atoms with E-state index in [0.29, 0.717) is 44.8 Å². The Morgan fingerprint density at radius 3 is 1.21 bits per heavy atom. The van der Waals surface area contributed by atoms with Gasteiger partial charge >= 0.3 is 23.9 Å². The van der Waals surface area contributed by atoms with Crippen molar-refractivity contribution in [2.24, 2.45) is 0 Å². The number of rotatable bonds is 12. The van der Waals surface area contributed by atoms with Gasteiger partial charge in [0.25, 0.3) is 0 Å². The zero-order valence-electron chi connectivity index (χ0n) is 27.3. The Kier molecular flexibility index (Phi) is 9.64. The molecule has 12 nitrogen and oxygen atoms in total. The van der Waals surface area contributed by atoms with Gasteiger partial charge < -0.3 is 30.4 Å². The second-order valence-corrected chi connectivity index (χ2v) is 12.2. The number of H-pyrrole nitrogens is 2. The Labute approximate surface area is 275 Å². The van der Waals surface area contributed by atoms with Crippen LogP contribution in [0.15, 0.2) is 24.3 Å². The number of hydrogen-bond acceptors (Lipinski definition) is 6. The molecule has 0 amide bonds. The second-order valence-electron chi connectivity index (χ2n) is 12.2. The van der Waals surface area contributed by atoms with Gasteiger partial charge in [-0.25, -0.2) is 9.97 Å². The van der Waals surface area contributed by atoms with Gasteiger partial charge in [0, 0.05) is 47.8 Å². The van der Waals surface area contributed by atoms with E-state index in [0.717, 1.165) is 44.5 Å². The largest absolute Gasteiger partial charge is 0.481 e. The van der Waals surface area contributed by atoms with Crippen LogP contribution in [0.4, 0.5) is 0 Å². The van der Waals surface area contributed by atoms with Crippen molar-refractivity contribution >= 4 is 68.2 Å². The molecule has 5 rings (SSSR count). The second kappa shape index (κ2) is 13.7. The molecule has 0 saturated carbocycles. The van der Waals surface area contributed by atoms with Crippen LogP contribution >= 0.6 is 0 Å². The van der Waals surface area contributed by atoms with Gasteiger partial charge in [-0.2, -0.15) is 0 Å². The van der Waals surface area contributed by atoms with Gasteiger partial charge in [-0.3, -0.25) is 19.2 Å². The first-order valence-corrected chi connectivity index (χ1v) is 15.7. The maximum atomic E-state index is 11.6. The first kappa shape index (κ1) is 33.8. The van der Waals surface area contributed by atoms with Crippen LogP contribution in [0.3, 0.4) is 0 Å². The lowest BCUT2D eigenvalue weighted by Crippen LogP contribution is -1.98. The van der Waals surface area contributed by atoms with Gasteiger partial charge in [0.2, 0.25) is 0 Å². The summed E-state index contributed by atoms with van der Waals surface area (Å²) in [6.45, 7) is 7.57. The van der Waals surface area contributed by atoms with Crippen LogP contribution in [0, 0.1) is 13.8 Å². The monoisotopic (exact) mass is 654 g/mol.